The predicted octanol–water partition coefficient (Wildman–Crippen LogP) is 6.82. The molecule has 37 heavy (non-hydrogen) atoms. The first-order valence-electron chi connectivity index (χ1n) is 13.7. The van der Waals surface area contributed by atoms with E-state index in [1.165, 1.54) is 36.8 Å². The Morgan fingerprint density at radius 3 is 2.24 bits per heavy atom. The van der Waals surface area contributed by atoms with Crippen molar-refractivity contribution in [3.63, 3.8) is 0 Å². The molecule has 0 unspecified atom stereocenters. The van der Waals surface area contributed by atoms with Crippen molar-refractivity contribution in [2.45, 2.75) is 77.3 Å². The van der Waals surface area contributed by atoms with Gasteiger partial charge >= 0.3 is 0 Å². The van der Waals surface area contributed by atoms with Gasteiger partial charge in [-0.2, -0.15) is 9.61 Å². The van der Waals surface area contributed by atoms with E-state index in [9.17, 15) is 5.11 Å². The third kappa shape index (κ3) is 7.80. The van der Waals surface area contributed by atoms with Gasteiger partial charge < -0.3 is 15.7 Å². The maximum Gasteiger partial charge on any atom is 0.163 e. The highest BCUT2D eigenvalue weighted by Crippen LogP contribution is 2.25. The second kappa shape index (κ2) is 13.8. The smallest absolute Gasteiger partial charge is 0.163 e. The van der Waals surface area contributed by atoms with E-state index < -0.39 is 0 Å². The van der Waals surface area contributed by atoms with Crippen molar-refractivity contribution >= 4 is 17.3 Å². The largest absolute Gasteiger partial charge is 0.394 e. The zero-order valence-corrected chi connectivity index (χ0v) is 22.2. The number of nitrogens with one attached hydrogen (secondary N) is 2. The number of aryl methyl sites for hydroxylation is 1. The number of rotatable bonds is 15. The quantitative estimate of drug-likeness (QED) is 0.157. The van der Waals surface area contributed by atoms with Crippen LogP contribution in [0.25, 0.3) is 5.65 Å². The number of aliphatic hydroxyl groups is 1. The number of unbranched alkanes of at least 4 members (excludes halogenated alkanes) is 4. The Bertz CT molecular complexity index is 1210. The molecule has 0 radical (unpaired) electrons. The van der Waals surface area contributed by atoms with E-state index in [-0.39, 0.29) is 12.6 Å². The first kappa shape index (κ1) is 26.7. The van der Waals surface area contributed by atoms with Gasteiger partial charge in [0, 0.05) is 18.2 Å². The lowest BCUT2D eigenvalue weighted by Crippen LogP contribution is -2.24. The molecule has 0 fully saturated rings. The minimum atomic E-state index is -0.0216. The van der Waals surface area contributed by atoms with Crippen LogP contribution in [-0.2, 0) is 13.0 Å². The van der Waals surface area contributed by atoms with Gasteiger partial charge in [-0.05, 0) is 36.3 Å². The molecule has 196 valence electrons. The number of hydrogen-bond donors (Lipinski definition) is 3. The molecule has 0 aliphatic rings. The number of hydrogen-bond acceptors (Lipinski definition) is 5. The van der Waals surface area contributed by atoms with Crippen molar-refractivity contribution in [1.29, 1.82) is 0 Å². The van der Waals surface area contributed by atoms with Crippen molar-refractivity contribution in [3.8, 4) is 0 Å². The Labute approximate surface area is 221 Å². The summed E-state index contributed by atoms with van der Waals surface area (Å²) in [6.07, 6.45) is 9.98. The molecule has 0 bridgehead atoms. The van der Waals surface area contributed by atoms with Crippen LogP contribution in [-0.4, -0.2) is 32.4 Å². The van der Waals surface area contributed by atoms with E-state index in [0.717, 1.165) is 42.1 Å². The lowest BCUT2D eigenvalue weighted by atomic mass is 10.0. The molecule has 4 aromatic rings. The summed E-state index contributed by atoms with van der Waals surface area (Å²) in [4.78, 5) is 4.90. The number of aliphatic hydroxyl groups excluding tert-OH is 1. The minimum Gasteiger partial charge on any atom is -0.394 e. The molecule has 0 spiro atoms. The number of benzene rings is 2. The van der Waals surface area contributed by atoms with Gasteiger partial charge in [-0.15, -0.1) is 0 Å². The Hall–Kier alpha value is -3.38. The Kier molecular flexibility index (Phi) is 9.95. The van der Waals surface area contributed by atoms with Gasteiger partial charge in [0.25, 0.3) is 0 Å². The molecular weight excluding hydrogens is 458 g/mol. The molecule has 6 nitrogen and oxygen atoms in total. The van der Waals surface area contributed by atoms with E-state index in [1.807, 2.05) is 35.0 Å². The highest BCUT2D eigenvalue weighted by molar-refractivity contribution is 5.61. The molecule has 1 atom stereocenters. The molecule has 3 N–H and O–H groups in total. The first-order valence-corrected chi connectivity index (χ1v) is 13.7. The molecule has 2 aromatic carbocycles. The first-order chi connectivity index (χ1) is 18.1. The van der Waals surface area contributed by atoms with Crippen LogP contribution in [0, 0.1) is 0 Å². The molecule has 0 saturated heterocycles. The molecule has 0 amide bonds. The zero-order valence-electron chi connectivity index (χ0n) is 22.2. The lowest BCUT2D eigenvalue weighted by molar-refractivity contribution is 0.266. The SMILES string of the molecule is CC(C)c1cnn2c(NCc3ccccc3)cc(N[C@@H](CO)CCCCCCCc3ccccc3)nc12. The fourth-order valence-electron chi connectivity index (χ4n) is 4.69. The summed E-state index contributed by atoms with van der Waals surface area (Å²) in [5, 5.41) is 21.7. The van der Waals surface area contributed by atoms with Crippen LogP contribution in [0.5, 0.6) is 0 Å². The van der Waals surface area contributed by atoms with Crippen molar-refractivity contribution in [2.75, 3.05) is 17.2 Å². The molecule has 6 heteroatoms. The van der Waals surface area contributed by atoms with E-state index >= 15 is 0 Å². The average Bonchev–Trinajstić information content (AvgIpc) is 3.36. The average molecular weight is 500 g/mol. The number of anilines is 2. The van der Waals surface area contributed by atoms with Crippen molar-refractivity contribution in [2.24, 2.45) is 0 Å². The van der Waals surface area contributed by atoms with Gasteiger partial charge in [0.2, 0.25) is 0 Å². The van der Waals surface area contributed by atoms with E-state index in [1.54, 1.807) is 0 Å². The van der Waals surface area contributed by atoms with Crippen LogP contribution in [0.15, 0.2) is 72.9 Å². The Balaban J connectivity index is 1.33. The van der Waals surface area contributed by atoms with Crippen molar-refractivity contribution < 1.29 is 5.11 Å². The molecule has 0 saturated carbocycles. The third-order valence-corrected chi connectivity index (χ3v) is 6.87. The lowest BCUT2D eigenvalue weighted by Gasteiger charge is -2.18. The Morgan fingerprint density at radius 1 is 0.865 bits per heavy atom. The van der Waals surface area contributed by atoms with Crippen LogP contribution in [0.4, 0.5) is 11.6 Å². The summed E-state index contributed by atoms with van der Waals surface area (Å²) in [6.45, 7) is 5.10. The fourth-order valence-corrected chi connectivity index (χ4v) is 4.69. The number of nitrogens with zero attached hydrogens (tertiary/aromatic N) is 3. The van der Waals surface area contributed by atoms with Gasteiger partial charge in [0.15, 0.2) is 5.65 Å². The second-order valence-electron chi connectivity index (χ2n) is 10.2. The van der Waals surface area contributed by atoms with Crippen molar-refractivity contribution in [1.82, 2.24) is 14.6 Å². The highest BCUT2D eigenvalue weighted by Gasteiger charge is 2.16. The standard InChI is InChI=1S/C31H41N5O/c1-24(2)28-22-33-36-30(32-21-26-17-11-7-12-18-26)20-29(35-31(28)36)34-27(23-37)19-13-5-3-4-8-14-25-15-9-6-10-16-25/h6-7,9-12,15-18,20,22,24,27,32,37H,3-5,8,13-14,19,21,23H2,1-2H3,(H,34,35)/t27-/m1/s1. The fraction of sp³-hybridized carbons (Fsp3) is 0.419. The molecular formula is C31H41N5O. The van der Waals surface area contributed by atoms with Gasteiger partial charge in [0.1, 0.15) is 11.6 Å². The summed E-state index contributed by atoms with van der Waals surface area (Å²) in [5.74, 6) is 1.98. The summed E-state index contributed by atoms with van der Waals surface area (Å²) in [5.41, 5.74) is 4.59. The maximum atomic E-state index is 10.1. The van der Waals surface area contributed by atoms with Gasteiger partial charge in [-0.1, -0.05) is 100 Å². The number of aromatic nitrogens is 3. The van der Waals surface area contributed by atoms with E-state index in [2.05, 4.69) is 72.0 Å². The summed E-state index contributed by atoms with van der Waals surface area (Å²) < 4.78 is 1.88. The molecule has 2 aromatic heterocycles. The Morgan fingerprint density at radius 2 is 1.54 bits per heavy atom. The molecule has 4 rings (SSSR count). The molecule has 0 aliphatic heterocycles. The molecule has 2 heterocycles. The predicted molar refractivity (Wildman–Crippen MR) is 153 cm³/mol. The van der Waals surface area contributed by atoms with E-state index in [4.69, 9.17) is 4.98 Å². The van der Waals surface area contributed by atoms with Crippen LogP contribution in [0.2, 0.25) is 0 Å². The van der Waals surface area contributed by atoms with E-state index in [0.29, 0.717) is 12.5 Å². The van der Waals surface area contributed by atoms with Crippen LogP contribution in [0.3, 0.4) is 0 Å². The van der Waals surface area contributed by atoms with Gasteiger partial charge in [0.05, 0.1) is 18.8 Å². The van der Waals surface area contributed by atoms with Crippen LogP contribution >= 0.6 is 0 Å². The maximum absolute atomic E-state index is 10.1. The zero-order chi connectivity index (χ0) is 25.9. The van der Waals surface area contributed by atoms with Gasteiger partial charge in [-0.25, -0.2) is 4.98 Å². The molecule has 0 aliphatic carbocycles. The topological polar surface area (TPSA) is 74.5 Å². The summed E-state index contributed by atoms with van der Waals surface area (Å²) in [7, 11) is 0. The van der Waals surface area contributed by atoms with Crippen LogP contribution in [0.1, 0.15) is 75.0 Å². The normalized spacial score (nSPS) is 12.2. The van der Waals surface area contributed by atoms with Gasteiger partial charge in [-0.3, -0.25) is 0 Å². The van der Waals surface area contributed by atoms with Crippen LogP contribution < -0.4 is 10.6 Å². The summed E-state index contributed by atoms with van der Waals surface area (Å²) >= 11 is 0. The third-order valence-electron chi connectivity index (χ3n) is 6.87. The van der Waals surface area contributed by atoms with Crippen molar-refractivity contribution in [3.05, 3.63) is 89.6 Å². The monoisotopic (exact) mass is 499 g/mol. The highest BCUT2D eigenvalue weighted by atomic mass is 16.3. The second-order valence-corrected chi connectivity index (χ2v) is 10.2. The minimum absolute atomic E-state index is 0.0216. The summed E-state index contributed by atoms with van der Waals surface area (Å²) in [6, 6.07) is 23.0. The number of fused-ring (bicyclic) bond motifs is 1.